The van der Waals surface area contributed by atoms with Gasteiger partial charge in [0, 0.05) is 6.21 Å². The molecule has 0 fully saturated rings. The maximum absolute atomic E-state index is 12.1. The second-order valence-electron chi connectivity index (χ2n) is 5.81. The Morgan fingerprint density at radius 3 is 2.96 bits per heavy atom. The van der Waals surface area contributed by atoms with Crippen LogP contribution in [-0.4, -0.2) is 28.9 Å². The molecule has 7 nitrogen and oxygen atoms in total. The van der Waals surface area contributed by atoms with Gasteiger partial charge < -0.3 is 14.3 Å². The lowest BCUT2D eigenvalue weighted by atomic mass is 10.1. The number of aromatic hydroxyl groups is 1. The van der Waals surface area contributed by atoms with Gasteiger partial charge in [-0.1, -0.05) is 23.5 Å². The van der Waals surface area contributed by atoms with Crippen molar-refractivity contribution >= 4 is 49.8 Å². The fraction of sp³-hybridized carbons (Fsp3) is 0.100. The van der Waals surface area contributed by atoms with Gasteiger partial charge in [-0.2, -0.15) is 0 Å². The molecule has 0 spiro atoms. The van der Waals surface area contributed by atoms with Crippen molar-refractivity contribution in [3.8, 4) is 5.75 Å². The Hall–Kier alpha value is -3.52. The van der Waals surface area contributed by atoms with Crippen LogP contribution in [0.4, 0.5) is 5.13 Å². The summed E-state index contributed by atoms with van der Waals surface area (Å²) in [5, 5.41) is 11.2. The molecule has 0 unspecified atom stereocenters. The molecule has 4 aromatic rings. The van der Waals surface area contributed by atoms with Crippen molar-refractivity contribution in [2.24, 2.45) is 4.99 Å². The Labute approximate surface area is 162 Å². The van der Waals surface area contributed by atoms with Crippen molar-refractivity contribution in [3.05, 3.63) is 64.0 Å². The van der Waals surface area contributed by atoms with Gasteiger partial charge in [0.2, 0.25) is 5.13 Å². The number of aromatic nitrogens is 1. The van der Waals surface area contributed by atoms with E-state index in [9.17, 15) is 14.7 Å². The molecule has 0 aliphatic rings. The Morgan fingerprint density at radius 2 is 2.14 bits per heavy atom. The molecule has 0 aliphatic heterocycles. The molecule has 4 rings (SSSR count). The summed E-state index contributed by atoms with van der Waals surface area (Å²) in [6, 6.07) is 11.7. The first-order valence-electron chi connectivity index (χ1n) is 8.43. The smallest absolute Gasteiger partial charge is 0.348 e. The van der Waals surface area contributed by atoms with Gasteiger partial charge >= 0.3 is 11.6 Å². The molecule has 0 bridgehead atoms. The zero-order chi connectivity index (χ0) is 19.7. The second-order valence-corrected chi connectivity index (χ2v) is 6.81. The zero-order valence-electron chi connectivity index (χ0n) is 14.7. The maximum atomic E-state index is 12.1. The van der Waals surface area contributed by atoms with Crippen molar-refractivity contribution in [1.82, 2.24) is 4.98 Å². The SMILES string of the molecule is CCOC(=O)c1ccc2nc(/N=C/c3c(O)c4ccccc4oc3=O)sc2c1. The van der Waals surface area contributed by atoms with E-state index >= 15 is 0 Å². The summed E-state index contributed by atoms with van der Waals surface area (Å²) in [6.07, 6.45) is 1.23. The number of fused-ring (bicyclic) bond motifs is 2. The zero-order valence-corrected chi connectivity index (χ0v) is 15.5. The van der Waals surface area contributed by atoms with Crippen molar-refractivity contribution in [1.29, 1.82) is 0 Å². The van der Waals surface area contributed by atoms with E-state index in [1.54, 1.807) is 49.4 Å². The van der Waals surface area contributed by atoms with E-state index in [4.69, 9.17) is 9.15 Å². The molecule has 140 valence electrons. The minimum atomic E-state index is -0.689. The minimum absolute atomic E-state index is 0.0508. The Kier molecular flexibility index (Phi) is 4.62. The van der Waals surface area contributed by atoms with E-state index in [1.165, 1.54) is 17.6 Å². The number of ether oxygens (including phenoxy) is 1. The lowest BCUT2D eigenvalue weighted by Gasteiger charge is -2.01. The highest BCUT2D eigenvalue weighted by molar-refractivity contribution is 7.22. The number of benzene rings is 2. The Morgan fingerprint density at radius 1 is 1.32 bits per heavy atom. The topological polar surface area (TPSA) is 102 Å². The molecule has 0 atom stereocenters. The molecular weight excluding hydrogens is 380 g/mol. The number of esters is 1. The number of carbonyl (C=O) groups is 1. The number of rotatable bonds is 4. The molecule has 1 N–H and O–H groups in total. The average Bonchev–Trinajstić information content (AvgIpc) is 3.10. The fourth-order valence-corrected chi connectivity index (χ4v) is 3.54. The number of hydrogen-bond donors (Lipinski definition) is 1. The number of nitrogens with zero attached hydrogens (tertiary/aromatic N) is 2. The Balaban J connectivity index is 1.70. The van der Waals surface area contributed by atoms with Crippen LogP contribution in [0.25, 0.3) is 21.2 Å². The van der Waals surface area contributed by atoms with Crippen LogP contribution in [-0.2, 0) is 4.74 Å². The molecule has 0 amide bonds. The molecule has 2 aromatic carbocycles. The number of thiazole rings is 1. The molecule has 0 radical (unpaired) electrons. The lowest BCUT2D eigenvalue weighted by Crippen LogP contribution is -2.06. The van der Waals surface area contributed by atoms with Crippen LogP contribution in [0.15, 0.2) is 56.7 Å². The van der Waals surface area contributed by atoms with Gasteiger partial charge in [0.15, 0.2) is 0 Å². The minimum Gasteiger partial charge on any atom is -0.506 e. The van der Waals surface area contributed by atoms with Crippen molar-refractivity contribution in [2.45, 2.75) is 6.92 Å². The van der Waals surface area contributed by atoms with E-state index in [0.717, 1.165) is 4.70 Å². The summed E-state index contributed by atoms with van der Waals surface area (Å²) >= 11 is 1.25. The highest BCUT2D eigenvalue weighted by atomic mass is 32.1. The summed E-state index contributed by atoms with van der Waals surface area (Å²) in [5.74, 6) is -0.595. The highest BCUT2D eigenvalue weighted by Gasteiger charge is 2.13. The van der Waals surface area contributed by atoms with Crippen LogP contribution in [0.2, 0.25) is 0 Å². The van der Waals surface area contributed by atoms with Gasteiger partial charge in [-0.15, -0.1) is 0 Å². The van der Waals surface area contributed by atoms with E-state index in [-0.39, 0.29) is 11.3 Å². The predicted octanol–water partition coefficient (Wildman–Crippen LogP) is 4.04. The van der Waals surface area contributed by atoms with Gasteiger partial charge in [0.1, 0.15) is 16.9 Å². The van der Waals surface area contributed by atoms with Crippen molar-refractivity contribution < 1.29 is 19.1 Å². The van der Waals surface area contributed by atoms with E-state index in [1.807, 2.05) is 0 Å². The summed E-state index contributed by atoms with van der Waals surface area (Å²) in [5.41, 5.74) is 0.658. The second kappa shape index (κ2) is 7.24. The quantitative estimate of drug-likeness (QED) is 0.318. The molecule has 0 saturated heterocycles. The van der Waals surface area contributed by atoms with Gasteiger partial charge in [0.05, 0.1) is 27.8 Å². The van der Waals surface area contributed by atoms with E-state index in [0.29, 0.717) is 33.8 Å². The van der Waals surface area contributed by atoms with Crippen molar-refractivity contribution in [3.63, 3.8) is 0 Å². The van der Waals surface area contributed by atoms with Gasteiger partial charge in [-0.05, 0) is 37.3 Å². The van der Waals surface area contributed by atoms with Crippen LogP contribution >= 0.6 is 11.3 Å². The van der Waals surface area contributed by atoms with E-state index in [2.05, 4.69) is 9.98 Å². The largest absolute Gasteiger partial charge is 0.506 e. The van der Waals surface area contributed by atoms with Crippen LogP contribution in [0.1, 0.15) is 22.8 Å². The first kappa shape index (κ1) is 17.9. The Bertz CT molecular complexity index is 1290. The normalized spacial score (nSPS) is 11.5. The third-order valence-electron chi connectivity index (χ3n) is 4.01. The fourth-order valence-electron chi connectivity index (χ4n) is 2.69. The monoisotopic (exact) mass is 394 g/mol. The summed E-state index contributed by atoms with van der Waals surface area (Å²) in [7, 11) is 0. The highest BCUT2D eigenvalue weighted by Crippen LogP contribution is 2.30. The predicted molar refractivity (Wildman–Crippen MR) is 107 cm³/mol. The van der Waals surface area contributed by atoms with Crippen molar-refractivity contribution in [2.75, 3.05) is 6.61 Å². The molecule has 0 saturated carbocycles. The number of hydrogen-bond acceptors (Lipinski definition) is 8. The molecule has 28 heavy (non-hydrogen) atoms. The molecule has 0 aliphatic carbocycles. The third-order valence-corrected chi connectivity index (χ3v) is 4.94. The van der Waals surface area contributed by atoms with Gasteiger partial charge in [0.25, 0.3) is 0 Å². The molecule has 2 heterocycles. The van der Waals surface area contributed by atoms with Gasteiger partial charge in [-0.25, -0.2) is 19.6 Å². The number of aliphatic imine (C=N–C) groups is 1. The van der Waals surface area contributed by atoms with Gasteiger partial charge in [-0.3, -0.25) is 0 Å². The molecule has 2 aromatic heterocycles. The third kappa shape index (κ3) is 3.25. The van der Waals surface area contributed by atoms with E-state index < -0.39 is 11.6 Å². The maximum Gasteiger partial charge on any atom is 0.348 e. The molecule has 8 heteroatoms. The summed E-state index contributed by atoms with van der Waals surface area (Å²) < 4.78 is 11.0. The molecular formula is C20H14N2O5S. The van der Waals surface area contributed by atoms with Crippen LogP contribution in [0.5, 0.6) is 5.75 Å². The first-order chi connectivity index (χ1) is 13.6. The van der Waals surface area contributed by atoms with Crippen LogP contribution in [0.3, 0.4) is 0 Å². The summed E-state index contributed by atoms with van der Waals surface area (Å²) in [4.78, 5) is 32.5. The average molecular weight is 394 g/mol. The van der Waals surface area contributed by atoms with Crippen LogP contribution < -0.4 is 5.63 Å². The first-order valence-corrected chi connectivity index (χ1v) is 9.25. The van der Waals surface area contributed by atoms with Crippen LogP contribution in [0, 0.1) is 0 Å². The standard InChI is InChI=1S/C20H14N2O5S/c1-2-26-18(24)11-7-8-14-16(9-11)28-20(22-14)21-10-13-17(23)12-5-3-4-6-15(12)27-19(13)25/h3-10,23H,2H2,1H3/b21-10+. The number of carbonyl (C=O) groups excluding carboxylic acids is 1. The summed E-state index contributed by atoms with van der Waals surface area (Å²) in [6.45, 7) is 2.04. The lowest BCUT2D eigenvalue weighted by molar-refractivity contribution is 0.0526. The number of para-hydroxylation sites is 1.